The SMILES string of the molecule is CC(=O)Nc1ccc(O)c(-c2cc(C3CCCC3)n(C(=O)NCc3ccccc3C)n2)c1. The first-order valence-electron chi connectivity index (χ1n) is 11.0. The van der Waals surface area contributed by atoms with E-state index in [2.05, 4.69) is 15.7 Å². The van der Waals surface area contributed by atoms with Gasteiger partial charge in [-0.15, -0.1) is 0 Å². The summed E-state index contributed by atoms with van der Waals surface area (Å²) in [6.45, 7) is 3.86. The summed E-state index contributed by atoms with van der Waals surface area (Å²) in [4.78, 5) is 24.6. The molecule has 0 bridgehead atoms. The minimum absolute atomic E-state index is 0.0436. The molecule has 1 heterocycles. The molecule has 2 aromatic carbocycles. The zero-order valence-electron chi connectivity index (χ0n) is 18.4. The van der Waals surface area contributed by atoms with Crippen LogP contribution < -0.4 is 10.6 Å². The van der Waals surface area contributed by atoms with Crippen LogP contribution in [0.4, 0.5) is 10.5 Å². The standard InChI is InChI=1S/C25H28N4O3/c1-16-7-3-4-10-19(16)15-26-25(32)29-23(18-8-5-6-9-18)14-22(28-29)21-13-20(27-17(2)30)11-12-24(21)31/h3-4,7,10-14,18,31H,5-6,8-9,15H2,1-2H3,(H,26,32)(H,27,30). The molecule has 1 aliphatic rings. The molecule has 2 amide bonds. The van der Waals surface area contributed by atoms with E-state index in [0.29, 0.717) is 23.5 Å². The molecule has 1 aromatic heterocycles. The number of benzene rings is 2. The van der Waals surface area contributed by atoms with Crippen LogP contribution >= 0.6 is 0 Å². The number of carbonyl (C=O) groups excluding carboxylic acids is 2. The van der Waals surface area contributed by atoms with Crippen molar-refractivity contribution in [2.45, 2.75) is 52.0 Å². The highest BCUT2D eigenvalue weighted by molar-refractivity contribution is 5.90. The number of aryl methyl sites for hydroxylation is 1. The van der Waals surface area contributed by atoms with E-state index in [9.17, 15) is 14.7 Å². The van der Waals surface area contributed by atoms with Crippen molar-refractivity contribution in [3.8, 4) is 17.0 Å². The number of amides is 2. The highest BCUT2D eigenvalue weighted by Gasteiger charge is 2.26. The first-order valence-corrected chi connectivity index (χ1v) is 11.0. The molecule has 166 valence electrons. The van der Waals surface area contributed by atoms with Crippen molar-refractivity contribution in [3.05, 3.63) is 65.4 Å². The first-order chi connectivity index (χ1) is 15.4. The van der Waals surface area contributed by atoms with E-state index in [1.807, 2.05) is 37.3 Å². The van der Waals surface area contributed by atoms with Crippen molar-refractivity contribution in [3.63, 3.8) is 0 Å². The lowest BCUT2D eigenvalue weighted by molar-refractivity contribution is -0.114. The third kappa shape index (κ3) is 4.66. The van der Waals surface area contributed by atoms with Crippen LogP contribution in [0.3, 0.4) is 0 Å². The number of hydrogen-bond donors (Lipinski definition) is 3. The van der Waals surface area contributed by atoms with E-state index < -0.39 is 0 Å². The summed E-state index contributed by atoms with van der Waals surface area (Å²) >= 11 is 0. The van der Waals surface area contributed by atoms with Crippen molar-refractivity contribution in [2.75, 3.05) is 5.32 Å². The summed E-state index contributed by atoms with van der Waals surface area (Å²) < 4.78 is 1.44. The summed E-state index contributed by atoms with van der Waals surface area (Å²) in [5.41, 5.74) is 4.56. The van der Waals surface area contributed by atoms with Gasteiger partial charge < -0.3 is 15.7 Å². The zero-order chi connectivity index (χ0) is 22.7. The van der Waals surface area contributed by atoms with Crippen LogP contribution in [0.25, 0.3) is 11.3 Å². The lowest BCUT2D eigenvalue weighted by Gasteiger charge is -2.13. The van der Waals surface area contributed by atoms with Crippen molar-refractivity contribution in [1.29, 1.82) is 0 Å². The maximum Gasteiger partial charge on any atom is 0.342 e. The lowest BCUT2D eigenvalue weighted by atomic mass is 10.0. The number of hydrogen-bond acceptors (Lipinski definition) is 4. The summed E-state index contributed by atoms with van der Waals surface area (Å²) in [7, 11) is 0. The van der Waals surface area contributed by atoms with Crippen LogP contribution in [0.2, 0.25) is 0 Å². The average molecular weight is 433 g/mol. The van der Waals surface area contributed by atoms with Gasteiger partial charge in [-0.1, -0.05) is 37.1 Å². The Hall–Kier alpha value is -3.61. The molecule has 7 nitrogen and oxygen atoms in total. The second kappa shape index (κ2) is 9.26. The van der Waals surface area contributed by atoms with Crippen molar-refractivity contribution in [2.24, 2.45) is 0 Å². The third-order valence-corrected chi connectivity index (χ3v) is 5.99. The Morgan fingerprint density at radius 2 is 1.88 bits per heavy atom. The summed E-state index contributed by atoms with van der Waals surface area (Å²) in [6.07, 6.45) is 4.26. The quantitative estimate of drug-likeness (QED) is 0.498. The molecule has 0 saturated heterocycles. The highest BCUT2D eigenvalue weighted by Crippen LogP contribution is 2.38. The molecule has 3 aromatic rings. The van der Waals surface area contributed by atoms with Gasteiger partial charge in [-0.25, -0.2) is 4.79 Å². The molecule has 0 unspecified atom stereocenters. The van der Waals surface area contributed by atoms with Gasteiger partial charge in [0.15, 0.2) is 0 Å². The normalized spacial score (nSPS) is 13.8. The van der Waals surface area contributed by atoms with Gasteiger partial charge in [-0.2, -0.15) is 9.78 Å². The molecule has 3 N–H and O–H groups in total. The Labute approximate surface area is 187 Å². The van der Waals surface area contributed by atoms with Crippen LogP contribution in [0.5, 0.6) is 5.75 Å². The molecule has 4 rings (SSSR count). The number of carbonyl (C=O) groups is 2. The van der Waals surface area contributed by atoms with Gasteiger partial charge in [0.2, 0.25) is 5.91 Å². The molecule has 0 aliphatic heterocycles. The first kappa shape index (κ1) is 21.6. The average Bonchev–Trinajstić information content (AvgIpc) is 3.44. The maximum absolute atomic E-state index is 13.1. The molecule has 32 heavy (non-hydrogen) atoms. The zero-order valence-corrected chi connectivity index (χ0v) is 18.4. The van der Waals surface area contributed by atoms with E-state index in [4.69, 9.17) is 0 Å². The second-order valence-corrected chi connectivity index (χ2v) is 8.35. The second-order valence-electron chi connectivity index (χ2n) is 8.35. The van der Waals surface area contributed by atoms with Gasteiger partial charge in [0, 0.05) is 30.6 Å². The van der Waals surface area contributed by atoms with E-state index in [0.717, 1.165) is 42.5 Å². The molecule has 7 heteroatoms. The number of phenolic OH excluding ortho intramolecular Hbond substituents is 1. The van der Waals surface area contributed by atoms with Gasteiger partial charge in [-0.3, -0.25) is 4.79 Å². The van der Waals surface area contributed by atoms with Crippen LogP contribution in [0.1, 0.15) is 55.3 Å². The van der Waals surface area contributed by atoms with Crippen LogP contribution in [-0.4, -0.2) is 26.8 Å². The predicted molar refractivity (Wildman–Crippen MR) is 124 cm³/mol. The summed E-state index contributed by atoms with van der Waals surface area (Å²) in [5, 5.41) is 20.7. The van der Waals surface area contributed by atoms with Gasteiger partial charge in [0.25, 0.3) is 0 Å². The van der Waals surface area contributed by atoms with Crippen molar-refractivity contribution < 1.29 is 14.7 Å². The minimum Gasteiger partial charge on any atom is -0.507 e. The Balaban J connectivity index is 1.66. The number of nitrogens with zero attached hydrogens (tertiary/aromatic N) is 2. The number of aromatic hydroxyl groups is 1. The number of phenols is 1. The molecule has 0 atom stereocenters. The van der Waals surface area contributed by atoms with Crippen molar-refractivity contribution in [1.82, 2.24) is 15.1 Å². The van der Waals surface area contributed by atoms with Crippen LogP contribution in [0.15, 0.2) is 48.5 Å². The van der Waals surface area contributed by atoms with Crippen LogP contribution in [0, 0.1) is 6.92 Å². The number of aromatic nitrogens is 2. The number of rotatable bonds is 5. The Morgan fingerprint density at radius 3 is 2.59 bits per heavy atom. The largest absolute Gasteiger partial charge is 0.507 e. The molecule has 1 fully saturated rings. The van der Waals surface area contributed by atoms with Crippen LogP contribution in [-0.2, 0) is 11.3 Å². The molecule has 1 aliphatic carbocycles. The molecular weight excluding hydrogens is 404 g/mol. The lowest BCUT2D eigenvalue weighted by Crippen LogP contribution is -2.31. The predicted octanol–water partition coefficient (Wildman–Crippen LogP) is 4.94. The number of anilines is 1. The summed E-state index contributed by atoms with van der Waals surface area (Å²) in [6, 6.07) is 14.4. The fourth-order valence-electron chi connectivity index (χ4n) is 4.28. The maximum atomic E-state index is 13.1. The molecule has 0 spiro atoms. The fourth-order valence-corrected chi connectivity index (χ4v) is 4.28. The summed E-state index contributed by atoms with van der Waals surface area (Å²) in [5.74, 6) is 0.0950. The highest BCUT2D eigenvalue weighted by atomic mass is 16.3. The Bertz CT molecular complexity index is 1150. The fraction of sp³-hybridized carbons (Fsp3) is 0.320. The van der Waals surface area contributed by atoms with Crippen molar-refractivity contribution >= 4 is 17.6 Å². The van der Waals surface area contributed by atoms with Gasteiger partial charge >= 0.3 is 6.03 Å². The minimum atomic E-state index is -0.293. The number of nitrogens with one attached hydrogen (secondary N) is 2. The molecular formula is C25H28N4O3. The Kier molecular flexibility index (Phi) is 6.25. The van der Waals surface area contributed by atoms with E-state index in [1.54, 1.807) is 12.1 Å². The smallest absolute Gasteiger partial charge is 0.342 e. The van der Waals surface area contributed by atoms with Gasteiger partial charge in [0.1, 0.15) is 5.75 Å². The van der Waals surface area contributed by atoms with E-state index >= 15 is 0 Å². The topological polar surface area (TPSA) is 96.2 Å². The van der Waals surface area contributed by atoms with Gasteiger partial charge in [-0.05, 0) is 55.2 Å². The molecule has 1 saturated carbocycles. The third-order valence-electron chi connectivity index (χ3n) is 5.99. The molecule has 0 radical (unpaired) electrons. The van der Waals surface area contributed by atoms with E-state index in [1.165, 1.54) is 17.7 Å². The Morgan fingerprint density at radius 1 is 1.12 bits per heavy atom. The van der Waals surface area contributed by atoms with E-state index in [-0.39, 0.29) is 23.6 Å². The van der Waals surface area contributed by atoms with Gasteiger partial charge in [0.05, 0.1) is 11.4 Å². The monoisotopic (exact) mass is 432 g/mol.